The van der Waals surface area contributed by atoms with Gasteiger partial charge in [-0.3, -0.25) is 0 Å². The van der Waals surface area contributed by atoms with Crippen LogP contribution in [0.4, 0.5) is 5.69 Å². The van der Waals surface area contributed by atoms with E-state index in [4.69, 9.17) is 11.0 Å². The molecule has 0 heterocycles. The van der Waals surface area contributed by atoms with Crippen LogP contribution in [0.1, 0.15) is 32.4 Å². The van der Waals surface area contributed by atoms with Crippen molar-refractivity contribution in [2.75, 3.05) is 18.0 Å². The fraction of sp³-hybridized carbons (Fsp3) is 0.500. The van der Waals surface area contributed by atoms with Crippen LogP contribution in [0.25, 0.3) is 0 Å². The van der Waals surface area contributed by atoms with Crippen LogP contribution in [0.3, 0.4) is 0 Å². The molecule has 0 fully saturated rings. The normalized spacial score (nSPS) is 13.8. The van der Waals surface area contributed by atoms with Gasteiger partial charge >= 0.3 is 0 Å². The highest BCUT2D eigenvalue weighted by atomic mass is 79.9. The van der Waals surface area contributed by atoms with Crippen LogP contribution in [0.15, 0.2) is 22.7 Å². The van der Waals surface area contributed by atoms with E-state index in [1.165, 1.54) is 0 Å². The molecule has 2 atom stereocenters. The van der Waals surface area contributed by atoms with Gasteiger partial charge in [0, 0.05) is 29.3 Å². The summed E-state index contributed by atoms with van der Waals surface area (Å²) in [5.41, 5.74) is 8.11. The number of hydrogen-bond acceptors (Lipinski definition) is 3. The Morgan fingerprint density at radius 3 is 2.56 bits per heavy atom. The van der Waals surface area contributed by atoms with Crippen molar-refractivity contribution in [2.45, 2.75) is 26.8 Å². The second-order valence-corrected chi connectivity index (χ2v) is 5.42. The molecule has 3 nitrogen and oxygen atoms in total. The molecule has 0 saturated heterocycles. The Balaban J connectivity index is 2.95. The zero-order valence-electron chi connectivity index (χ0n) is 11.2. The van der Waals surface area contributed by atoms with Gasteiger partial charge in [0.15, 0.2) is 0 Å². The summed E-state index contributed by atoms with van der Waals surface area (Å²) in [5.74, 6) is 0.0248. The first kappa shape index (κ1) is 15.0. The molecule has 0 radical (unpaired) electrons. The molecule has 0 aromatic heterocycles. The second-order valence-electron chi connectivity index (χ2n) is 4.56. The van der Waals surface area contributed by atoms with Crippen LogP contribution in [-0.2, 0) is 0 Å². The van der Waals surface area contributed by atoms with E-state index in [1.807, 2.05) is 19.9 Å². The van der Waals surface area contributed by atoms with E-state index in [-0.39, 0.29) is 12.0 Å². The topological polar surface area (TPSA) is 53.0 Å². The molecule has 0 amide bonds. The zero-order valence-corrected chi connectivity index (χ0v) is 12.7. The van der Waals surface area contributed by atoms with E-state index in [0.717, 1.165) is 28.8 Å². The number of rotatable bonds is 5. The van der Waals surface area contributed by atoms with E-state index in [9.17, 15) is 0 Å². The predicted molar refractivity (Wildman–Crippen MR) is 79.4 cm³/mol. The number of nitriles is 1. The molecule has 0 aliphatic heterocycles. The summed E-state index contributed by atoms with van der Waals surface area (Å²) in [7, 11) is 0. The van der Waals surface area contributed by atoms with E-state index >= 15 is 0 Å². The molecule has 2 unspecified atom stereocenters. The average molecular weight is 310 g/mol. The van der Waals surface area contributed by atoms with Crippen molar-refractivity contribution in [3.05, 3.63) is 28.2 Å². The smallest absolute Gasteiger partial charge is 0.0671 e. The molecular formula is C14H20BrN3. The maximum Gasteiger partial charge on any atom is 0.0671 e. The Morgan fingerprint density at radius 2 is 2.11 bits per heavy atom. The maximum absolute atomic E-state index is 8.90. The first-order chi connectivity index (χ1) is 8.49. The maximum atomic E-state index is 8.90. The molecular weight excluding hydrogens is 290 g/mol. The highest BCUT2D eigenvalue weighted by molar-refractivity contribution is 9.10. The van der Waals surface area contributed by atoms with Crippen molar-refractivity contribution < 1.29 is 0 Å². The van der Waals surface area contributed by atoms with Crippen molar-refractivity contribution in [2.24, 2.45) is 11.7 Å². The zero-order chi connectivity index (χ0) is 13.7. The van der Waals surface area contributed by atoms with E-state index in [1.54, 1.807) is 0 Å². The summed E-state index contributed by atoms with van der Waals surface area (Å²) < 4.78 is 1.03. The first-order valence-corrected chi connectivity index (χ1v) is 6.98. The highest BCUT2D eigenvalue weighted by Crippen LogP contribution is 2.27. The number of nitrogens with zero attached hydrogens (tertiary/aromatic N) is 2. The van der Waals surface area contributed by atoms with Gasteiger partial charge in [-0.2, -0.15) is 5.26 Å². The van der Waals surface area contributed by atoms with Crippen molar-refractivity contribution in [3.8, 4) is 6.07 Å². The van der Waals surface area contributed by atoms with Crippen molar-refractivity contribution in [3.63, 3.8) is 0 Å². The van der Waals surface area contributed by atoms with Crippen molar-refractivity contribution in [1.29, 1.82) is 5.26 Å². The molecule has 0 aliphatic carbocycles. The van der Waals surface area contributed by atoms with Crippen LogP contribution in [0, 0.1) is 17.2 Å². The lowest BCUT2D eigenvalue weighted by atomic mass is 10.1. The summed E-state index contributed by atoms with van der Waals surface area (Å²) in [6, 6.07) is 8.47. The number of benzene rings is 1. The Hall–Kier alpha value is -1.05. The summed E-state index contributed by atoms with van der Waals surface area (Å²) in [6.07, 6.45) is 0. The van der Waals surface area contributed by atoms with Gasteiger partial charge in [0.05, 0.1) is 12.0 Å². The van der Waals surface area contributed by atoms with Gasteiger partial charge in [-0.15, -0.1) is 0 Å². The SMILES string of the molecule is CCN(CC(C)C#N)c1ccc(C(C)N)c(Br)c1. The molecule has 0 bridgehead atoms. The van der Waals surface area contributed by atoms with E-state index in [2.05, 4.69) is 46.0 Å². The monoisotopic (exact) mass is 309 g/mol. The fourth-order valence-corrected chi connectivity index (χ4v) is 2.60. The Labute approximate surface area is 118 Å². The lowest BCUT2D eigenvalue weighted by molar-refractivity contribution is 0.685. The Morgan fingerprint density at radius 1 is 1.44 bits per heavy atom. The first-order valence-electron chi connectivity index (χ1n) is 6.19. The quantitative estimate of drug-likeness (QED) is 0.906. The molecule has 0 saturated carbocycles. The largest absolute Gasteiger partial charge is 0.370 e. The summed E-state index contributed by atoms with van der Waals surface area (Å²) >= 11 is 3.56. The number of hydrogen-bond donors (Lipinski definition) is 1. The molecule has 2 N–H and O–H groups in total. The number of anilines is 1. The van der Waals surface area contributed by atoms with Gasteiger partial charge in [0.25, 0.3) is 0 Å². The van der Waals surface area contributed by atoms with Gasteiger partial charge in [-0.25, -0.2) is 0 Å². The molecule has 98 valence electrons. The fourth-order valence-electron chi connectivity index (χ4n) is 1.87. The third-order valence-electron chi connectivity index (χ3n) is 2.94. The van der Waals surface area contributed by atoms with Crippen LogP contribution >= 0.6 is 15.9 Å². The second kappa shape index (κ2) is 6.77. The number of halogens is 1. The molecule has 1 aromatic rings. The summed E-state index contributed by atoms with van der Waals surface area (Å²) in [5, 5.41) is 8.90. The molecule has 4 heteroatoms. The van der Waals surface area contributed by atoms with Crippen molar-refractivity contribution >= 4 is 21.6 Å². The van der Waals surface area contributed by atoms with Crippen molar-refractivity contribution in [1.82, 2.24) is 0 Å². The summed E-state index contributed by atoms with van der Waals surface area (Å²) in [6.45, 7) is 7.63. The van der Waals surface area contributed by atoms with Gasteiger partial charge in [0.2, 0.25) is 0 Å². The van der Waals surface area contributed by atoms with Crippen LogP contribution in [0.2, 0.25) is 0 Å². The third-order valence-corrected chi connectivity index (χ3v) is 3.62. The Kier molecular flexibility index (Phi) is 5.64. The molecule has 0 aliphatic rings. The molecule has 1 rings (SSSR count). The molecule has 18 heavy (non-hydrogen) atoms. The van der Waals surface area contributed by atoms with Gasteiger partial charge in [-0.1, -0.05) is 22.0 Å². The highest BCUT2D eigenvalue weighted by Gasteiger charge is 2.11. The molecule has 0 spiro atoms. The molecule has 1 aromatic carbocycles. The Bertz CT molecular complexity index is 437. The van der Waals surface area contributed by atoms with Gasteiger partial charge < -0.3 is 10.6 Å². The third kappa shape index (κ3) is 3.72. The van der Waals surface area contributed by atoms with E-state index < -0.39 is 0 Å². The standard InChI is InChI=1S/C14H20BrN3/c1-4-18(9-10(2)8-16)12-5-6-13(11(3)17)14(15)7-12/h5-7,10-11H,4,9,17H2,1-3H3. The van der Waals surface area contributed by atoms with Crippen LogP contribution in [-0.4, -0.2) is 13.1 Å². The minimum Gasteiger partial charge on any atom is -0.370 e. The van der Waals surface area contributed by atoms with Crippen LogP contribution < -0.4 is 10.6 Å². The minimum atomic E-state index is 0.0153. The van der Waals surface area contributed by atoms with Gasteiger partial charge in [-0.05, 0) is 38.5 Å². The van der Waals surface area contributed by atoms with Gasteiger partial charge in [0.1, 0.15) is 0 Å². The van der Waals surface area contributed by atoms with Crippen LogP contribution in [0.5, 0.6) is 0 Å². The number of nitrogens with two attached hydrogens (primary N) is 1. The lowest BCUT2D eigenvalue weighted by Crippen LogP contribution is -2.27. The van der Waals surface area contributed by atoms with E-state index in [0.29, 0.717) is 0 Å². The summed E-state index contributed by atoms with van der Waals surface area (Å²) in [4.78, 5) is 2.20. The predicted octanol–water partition coefficient (Wildman–Crippen LogP) is 3.45. The lowest BCUT2D eigenvalue weighted by Gasteiger charge is -2.25. The minimum absolute atomic E-state index is 0.0153. The average Bonchev–Trinajstić information content (AvgIpc) is 2.34.